The first-order valence-electron chi connectivity index (χ1n) is 7.53. The monoisotopic (exact) mass is 304 g/mol. The number of fused-ring (bicyclic) bond motifs is 1. The van der Waals surface area contributed by atoms with Gasteiger partial charge in [0.2, 0.25) is 0 Å². The molecule has 1 aliphatic rings. The van der Waals surface area contributed by atoms with Crippen molar-refractivity contribution < 1.29 is 14.3 Å². The molecule has 1 atom stereocenters. The Morgan fingerprint density at radius 3 is 2.64 bits per heavy atom. The molecule has 0 fully saturated rings. The van der Waals surface area contributed by atoms with Gasteiger partial charge in [-0.3, -0.25) is 9.69 Å². The number of para-hydroxylation sites is 1. The Bertz CT molecular complexity index is 563. The van der Waals surface area contributed by atoms with E-state index in [9.17, 15) is 9.59 Å². The average Bonchev–Trinajstić information content (AvgIpc) is 2.83. The van der Waals surface area contributed by atoms with E-state index in [2.05, 4.69) is 26.1 Å². The second kappa shape index (κ2) is 6.38. The molecule has 0 saturated heterocycles. The van der Waals surface area contributed by atoms with E-state index in [4.69, 9.17) is 4.74 Å². The van der Waals surface area contributed by atoms with Crippen molar-refractivity contribution in [3.05, 3.63) is 29.8 Å². The van der Waals surface area contributed by atoms with Crippen molar-refractivity contribution in [2.75, 3.05) is 25.1 Å². The number of hydrogen-bond donors (Lipinski definition) is 1. The number of anilines is 1. The summed E-state index contributed by atoms with van der Waals surface area (Å²) in [7, 11) is 1.39. The van der Waals surface area contributed by atoms with E-state index in [-0.39, 0.29) is 29.8 Å². The lowest BCUT2D eigenvalue weighted by molar-refractivity contribution is -0.141. The highest BCUT2D eigenvalue weighted by molar-refractivity contribution is 5.95. The average molecular weight is 304 g/mol. The summed E-state index contributed by atoms with van der Waals surface area (Å²) in [5, 5.41) is 2.96. The summed E-state index contributed by atoms with van der Waals surface area (Å²) in [6.45, 7) is 7.33. The van der Waals surface area contributed by atoms with E-state index in [1.54, 1.807) is 4.90 Å². The SMILES string of the molecule is COC(=O)CC1CN(C(=O)NCC(C)(C)C)c2ccccc21. The number of rotatable bonds is 3. The summed E-state index contributed by atoms with van der Waals surface area (Å²) in [5.74, 6) is -0.263. The minimum Gasteiger partial charge on any atom is -0.469 e. The lowest BCUT2D eigenvalue weighted by atomic mass is 9.97. The molecule has 1 aliphatic heterocycles. The summed E-state index contributed by atoms with van der Waals surface area (Å²) in [6, 6.07) is 7.61. The van der Waals surface area contributed by atoms with Gasteiger partial charge in [-0.1, -0.05) is 39.0 Å². The highest BCUT2D eigenvalue weighted by Crippen LogP contribution is 2.38. The third-order valence-electron chi connectivity index (χ3n) is 3.73. The number of nitrogens with zero attached hydrogens (tertiary/aromatic N) is 1. The second-order valence-corrected chi connectivity index (χ2v) is 6.87. The quantitative estimate of drug-likeness (QED) is 0.874. The minimum absolute atomic E-state index is 0.0102. The van der Waals surface area contributed by atoms with Crippen LogP contribution in [0.1, 0.15) is 38.7 Å². The Balaban J connectivity index is 2.14. The summed E-state index contributed by atoms with van der Waals surface area (Å²) < 4.78 is 4.76. The zero-order valence-electron chi connectivity index (χ0n) is 13.7. The number of hydrogen-bond acceptors (Lipinski definition) is 3. The van der Waals surface area contributed by atoms with Crippen molar-refractivity contribution in [2.45, 2.75) is 33.1 Å². The molecule has 1 N–H and O–H groups in total. The van der Waals surface area contributed by atoms with Crippen molar-refractivity contribution in [2.24, 2.45) is 5.41 Å². The number of benzene rings is 1. The molecule has 120 valence electrons. The Morgan fingerprint density at radius 2 is 2.00 bits per heavy atom. The third kappa shape index (κ3) is 3.78. The first kappa shape index (κ1) is 16.3. The Kier molecular flexibility index (Phi) is 4.74. The maximum atomic E-state index is 12.5. The highest BCUT2D eigenvalue weighted by atomic mass is 16.5. The summed E-state index contributed by atoms with van der Waals surface area (Å²) in [4.78, 5) is 25.7. The van der Waals surface area contributed by atoms with Crippen LogP contribution in [0.2, 0.25) is 0 Å². The predicted molar refractivity (Wildman–Crippen MR) is 86.0 cm³/mol. The van der Waals surface area contributed by atoms with Crippen LogP contribution in [0.25, 0.3) is 0 Å². The molecule has 5 heteroatoms. The second-order valence-electron chi connectivity index (χ2n) is 6.87. The number of esters is 1. The number of carbonyl (C=O) groups is 2. The maximum absolute atomic E-state index is 12.5. The third-order valence-corrected chi connectivity index (χ3v) is 3.73. The van der Waals surface area contributed by atoms with Gasteiger partial charge in [0.15, 0.2) is 0 Å². The maximum Gasteiger partial charge on any atom is 0.321 e. The molecule has 0 saturated carbocycles. The molecule has 0 spiro atoms. The van der Waals surface area contributed by atoms with Crippen LogP contribution in [0.5, 0.6) is 0 Å². The van der Waals surface area contributed by atoms with Crippen LogP contribution < -0.4 is 10.2 Å². The molecule has 0 aliphatic carbocycles. The topological polar surface area (TPSA) is 58.6 Å². The van der Waals surface area contributed by atoms with Gasteiger partial charge in [-0.15, -0.1) is 0 Å². The Morgan fingerprint density at radius 1 is 1.32 bits per heavy atom. The highest BCUT2D eigenvalue weighted by Gasteiger charge is 2.33. The van der Waals surface area contributed by atoms with Crippen molar-refractivity contribution in [3.8, 4) is 0 Å². The number of methoxy groups -OCH3 is 1. The first-order valence-corrected chi connectivity index (χ1v) is 7.53. The molecular weight excluding hydrogens is 280 g/mol. The number of amides is 2. The molecule has 0 aromatic heterocycles. The van der Waals surface area contributed by atoms with Gasteiger partial charge in [0.05, 0.1) is 13.5 Å². The van der Waals surface area contributed by atoms with Crippen LogP contribution in [0, 0.1) is 5.41 Å². The van der Waals surface area contributed by atoms with Crippen molar-refractivity contribution in [1.82, 2.24) is 5.32 Å². The van der Waals surface area contributed by atoms with Crippen molar-refractivity contribution in [3.63, 3.8) is 0 Å². The molecule has 22 heavy (non-hydrogen) atoms. The molecule has 0 radical (unpaired) electrons. The van der Waals surface area contributed by atoms with Gasteiger partial charge in [0, 0.05) is 24.7 Å². The molecule has 1 unspecified atom stereocenters. The van der Waals surface area contributed by atoms with E-state index in [0.717, 1.165) is 11.3 Å². The number of ether oxygens (including phenoxy) is 1. The molecule has 1 aromatic rings. The van der Waals surface area contributed by atoms with Crippen LogP contribution in [0.4, 0.5) is 10.5 Å². The van der Waals surface area contributed by atoms with Gasteiger partial charge in [-0.05, 0) is 17.0 Å². The normalized spacial score (nSPS) is 17.1. The van der Waals surface area contributed by atoms with Crippen LogP contribution in [-0.2, 0) is 9.53 Å². The van der Waals surface area contributed by atoms with Crippen LogP contribution >= 0.6 is 0 Å². The largest absolute Gasteiger partial charge is 0.469 e. The Hall–Kier alpha value is -2.04. The molecule has 2 amide bonds. The smallest absolute Gasteiger partial charge is 0.321 e. The molecule has 1 aromatic carbocycles. The summed E-state index contributed by atoms with van der Waals surface area (Å²) in [5.41, 5.74) is 1.93. The standard InChI is InChI=1S/C17H24N2O3/c1-17(2,3)11-18-16(21)19-10-12(9-15(20)22-4)13-7-5-6-8-14(13)19/h5-8,12H,9-11H2,1-4H3,(H,18,21). The van der Waals surface area contributed by atoms with E-state index in [1.165, 1.54) is 7.11 Å². The number of urea groups is 1. The van der Waals surface area contributed by atoms with Gasteiger partial charge in [0.25, 0.3) is 0 Å². The number of carbonyl (C=O) groups excluding carboxylic acids is 2. The van der Waals surface area contributed by atoms with E-state index in [1.807, 2.05) is 24.3 Å². The first-order chi connectivity index (χ1) is 10.3. The van der Waals surface area contributed by atoms with Gasteiger partial charge in [-0.2, -0.15) is 0 Å². The molecule has 0 bridgehead atoms. The fraction of sp³-hybridized carbons (Fsp3) is 0.529. The van der Waals surface area contributed by atoms with Crippen LogP contribution in [0.3, 0.4) is 0 Å². The van der Waals surface area contributed by atoms with Crippen molar-refractivity contribution >= 4 is 17.7 Å². The lowest BCUT2D eigenvalue weighted by Gasteiger charge is -2.23. The molecule has 2 rings (SSSR count). The number of nitrogens with one attached hydrogen (secondary N) is 1. The molecule has 1 heterocycles. The minimum atomic E-state index is -0.253. The molecule has 5 nitrogen and oxygen atoms in total. The van der Waals surface area contributed by atoms with Crippen LogP contribution in [0.15, 0.2) is 24.3 Å². The summed E-state index contributed by atoms with van der Waals surface area (Å²) in [6.07, 6.45) is 0.288. The van der Waals surface area contributed by atoms with Crippen molar-refractivity contribution in [1.29, 1.82) is 0 Å². The fourth-order valence-corrected chi connectivity index (χ4v) is 2.58. The summed E-state index contributed by atoms with van der Waals surface area (Å²) >= 11 is 0. The van der Waals surface area contributed by atoms with E-state index >= 15 is 0 Å². The Labute approximate surface area is 131 Å². The van der Waals surface area contributed by atoms with Crippen LogP contribution in [-0.4, -0.2) is 32.2 Å². The van der Waals surface area contributed by atoms with Gasteiger partial charge in [0.1, 0.15) is 0 Å². The predicted octanol–water partition coefficient (Wildman–Crippen LogP) is 2.91. The van der Waals surface area contributed by atoms with E-state index in [0.29, 0.717) is 13.1 Å². The zero-order valence-corrected chi connectivity index (χ0v) is 13.7. The van der Waals surface area contributed by atoms with Gasteiger partial charge in [-0.25, -0.2) is 4.79 Å². The lowest BCUT2D eigenvalue weighted by Crippen LogP contribution is -2.42. The fourth-order valence-electron chi connectivity index (χ4n) is 2.58. The zero-order chi connectivity index (χ0) is 16.3. The van der Waals surface area contributed by atoms with E-state index < -0.39 is 0 Å². The molecular formula is C17H24N2O3. The van der Waals surface area contributed by atoms with Gasteiger partial charge < -0.3 is 10.1 Å². The van der Waals surface area contributed by atoms with Gasteiger partial charge >= 0.3 is 12.0 Å².